The summed E-state index contributed by atoms with van der Waals surface area (Å²) >= 11 is 3.46. The number of aromatic nitrogens is 2. The first-order valence-corrected chi connectivity index (χ1v) is 8.48. The number of halogens is 1. The topological polar surface area (TPSA) is 110 Å². The summed E-state index contributed by atoms with van der Waals surface area (Å²) in [5, 5.41) is 35.2. The molecule has 7 nitrogen and oxygen atoms in total. The number of nitriles is 3. The van der Waals surface area contributed by atoms with Gasteiger partial charge in [-0.2, -0.15) is 20.9 Å². The number of anilines is 1. The predicted octanol–water partition coefficient (Wildman–Crippen LogP) is 3.73. The molecule has 0 bridgehead atoms. The molecule has 0 radical (unpaired) electrons. The second-order valence-corrected chi connectivity index (χ2v) is 6.25. The lowest BCUT2D eigenvalue weighted by Gasteiger charge is -2.23. The molecule has 1 aromatic carbocycles. The van der Waals surface area contributed by atoms with Crippen LogP contribution in [-0.2, 0) is 4.74 Å². The fraction of sp³-hybridized carbons (Fsp3) is 0.294. The van der Waals surface area contributed by atoms with Crippen molar-refractivity contribution in [1.29, 1.82) is 15.8 Å². The Bertz CT molecular complexity index is 950. The van der Waals surface area contributed by atoms with Crippen LogP contribution in [0.4, 0.5) is 5.69 Å². The van der Waals surface area contributed by atoms with Crippen LogP contribution in [0.5, 0.6) is 0 Å². The molecule has 1 aliphatic heterocycles. The maximum Gasteiger partial charge on any atom is 0.163 e. The fourth-order valence-corrected chi connectivity index (χ4v) is 3.23. The summed E-state index contributed by atoms with van der Waals surface area (Å²) in [6, 6.07) is 10.7. The molecule has 25 heavy (non-hydrogen) atoms. The quantitative estimate of drug-likeness (QED) is 0.790. The fourth-order valence-electron chi connectivity index (χ4n) is 2.74. The van der Waals surface area contributed by atoms with E-state index in [0.717, 1.165) is 36.8 Å². The molecule has 1 N–H and O–H groups in total. The molecule has 1 fully saturated rings. The number of ether oxygens (including phenoxy) is 1. The van der Waals surface area contributed by atoms with E-state index in [1.165, 1.54) is 0 Å². The first kappa shape index (κ1) is 17.0. The monoisotopic (exact) mass is 396 g/mol. The minimum Gasteiger partial charge on any atom is -0.356 e. The summed E-state index contributed by atoms with van der Waals surface area (Å²) < 4.78 is 8.33. The van der Waals surface area contributed by atoms with Gasteiger partial charge in [0.1, 0.15) is 28.5 Å². The van der Waals surface area contributed by atoms with Crippen molar-refractivity contribution in [2.24, 2.45) is 0 Å². The van der Waals surface area contributed by atoms with Crippen LogP contribution in [-0.4, -0.2) is 16.4 Å². The average molecular weight is 397 g/mol. The average Bonchev–Trinajstić information content (AvgIpc) is 2.99. The normalized spacial score (nSPS) is 16.5. The van der Waals surface area contributed by atoms with Crippen LogP contribution in [0.3, 0.4) is 0 Å². The molecule has 2 aromatic rings. The standard InChI is InChI=1S/C17H13BrN6O/c18-17-13-7-12(22-14(10-21)11(8-19)9-20)4-5-15(13)24(23-17)16-3-1-2-6-25-16/h4-5,7,16,22H,1-3,6H2. The Kier molecular flexibility index (Phi) is 5.00. The van der Waals surface area contributed by atoms with Crippen molar-refractivity contribution in [1.82, 2.24) is 9.78 Å². The number of hydrogen-bond acceptors (Lipinski definition) is 6. The second-order valence-electron chi connectivity index (χ2n) is 5.50. The first-order chi connectivity index (χ1) is 12.2. The van der Waals surface area contributed by atoms with Crippen LogP contribution in [0.2, 0.25) is 0 Å². The van der Waals surface area contributed by atoms with Gasteiger partial charge in [-0.25, -0.2) is 4.68 Å². The van der Waals surface area contributed by atoms with E-state index in [-0.39, 0.29) is 17.5 Å². The van der Waals surface area contributed by atoms with Crippen molar-refractivity contribution in [3.63, 3.8) is 0 Å². The lowest BCUT2D eigenvalue weighted by atomic mass is 10.1. The zero-order valence-electron chi connectivity index (χ0n) is 13.2. The van der Waals surface area contributed by atoms with Gasteiger partial charge < -0.3 is 10.1 Å². The van der Waals surface area contributed by atoms with Crippen molar-refractivity contribution in [2.75, 3.05) is 11.9 Å². The van der Waals surface area contributed by atoms with Crippen molar-refractivity contribution in [2.45, 2.75) is 25.5 Å². The summed E-state index contributed by atoms with van der Waals surface area (Å²) in [4.78, 5) is 0. The summed E-state index contributed by atoms with van der Waals surface area (Å²) in [6.07, 6.45) is 3.00. The summed E-state index contributed by atoms with van der Waals surface area (Å²) in [5.74, 6) is 0. The highest BCUT2D eigenvalue weighted by Crippen LogP contribution is 2.32. The molecule has 0 aliphatic carbocycles. The predicted molar refractivity (Wildman–Crippen MR) is 93.8 cm³/mol. The Morgan fingerprint density at radius 1 is 1.24 bits per heavy atom. The third-order valence-corrected chi connectivity index (χ3v) is 4.53. The third-order valence-electron chi connectivity index (χ3n) is 3.94. The molecule has 1 atom stereocenters. The van der Waals surface area contributed by atoms with Gasteiger partial charge in [0.25, 0.3) is 0 Å². The molecule has 0 saturated carbocycles. The molecule has 0 spiro atoms. The van der Waals surface area contributed by atoms with E-state index < -0.39 is 0 Å². The van der Waals surface area contributed by atoms with E-state index in [4.69, 9.17) is 20.5 Å². The maximum absolute atomic E-state index is 9.15. The molecule has 1 aliphatic rings. The van der Waals surface area contributed by atoms with Crippen molar-refractivity contribution >= 4 is 32.5 Å². The van der Waals surface area contributed by atoms with Gasteiger partial charge in [-0.3, -0.25) is 0 Å². The molecule has 124 valence electrons. The van der Waals surface area contributed by atoms with Gasteiger partial charge in [0.2, 0.25) is 0 Å². The Hall–Kier alpha value is -2.86. The van der Waals surface area contributed by atoms with E-state index in [0.29, 0.717) is 10.3 Å². The number of fused-ring (bicyclic) bond motifs is 1. The van der Waals surface area contributed by atoms with Crippen LogP contribution >= 0.6 is 15.9 Å². The molecule has 2 heterocycles. The van der Waals surface area contributed by atoms with Gasteiger partial charge in [0.05, 0.1) is 5.52 Å². The molecule has 3 rings (SSSR count). The van der Waals surface area contributed by atoms with Gasteiger partial charge >= 0.3 is 0 Å². The Morgan fingerprint density at radius 3 is 2.68 bits per heavy atom. The number of hydrogen-bond donors (Lipinski definition) is 1. The van der Waals surface area contributed by atoms with E-state index in [1.54, 1.807) is 18.2 Å². The SMILES string of the molecule is N#CC(C#N)=C(C#N)Nc1ccc2c(c1)c(Br)nn2C1CCCCO1. The van der Waals surface area contributed by atoms with Crippen LogP contribution < -0.4 is 5.32 Å². The maximum atomic E-state index is 9.15. The number of benzene rings is 1. The highest BCUT2D eigenvalue weighted by atomic mass is 79.9. The highest BCUT2D eigenvalue weighted by molar-refractivity contribution is 9.10. The minimum atomic E-state index is -0.257. The first-order valence-electron chi connectivity index (χ1n) is 7.69. The van der Waals surface area contributed by atoms with Crippen LogP contribution in [0.1, 0.15) is 25.5 Å². The van der Waals surface area contributed by atoms with Gasteiger partial charge in [-0.05, 0) is 53.4 Å². The zero-order valence-corrected chi connectivity index (χ0v) is 14.7. The molecule has 8 heteroatoms. The number of allylic oxidation sites excluding steroid dienone is 2. The van der Waals surface area contributed by atoms with E-state index in [2.05, 4.69) is 26.3 Å². The van der Waals surface area contributed by atoms with E-state index in [1.807, 2.05) is 22.9 Å². The lowest BCUT2D eigenvalue weighted by Crippen LogP contribution is -2.19. The lowest BCUT2D eigenvalue weighted by molar-refractivity contribution is -0.0368. The molecule has 1 unspecified atom stereocenters. The molecule has 0 amide bonds. The van der Waals surface area contributed by atoms with E-state index >= 15 is 0 Å². The van der Waals surface area contributed by atoms with Crippen LogP contribution in [0.25, 0.3) is 10.9 Å². The van der Waals surface area contributed by atoms with Gasteiger partial charge in [0, 0.05) is 17.7 Å². The summed E-state index contributed by atoms with van der Waals surface area (Å²) in [7, 11) is 0. The van der Waals surface area contributed by atoms with Gasteiger partial charge in [-0.15, -0.1) is 0 Å². The zero-order chi connectivity index (χ0) is 17.8. The Labute approximate surface area is 152 Å². The Morgan fingerprint density at radius 2 is 2.04 bits per heavy atom. The van der Waals surface area contributed by atoms with Crippen molar-refractivity contribution in [3.8, 4) is 18.2 Å². The largest absolute Gasteiger partial charge is 0.356 e. The van der Waals surface area contributed by atoms with Crippen molar-refractivity contribution in [3.05, 3.63) is 34.1 Å². The van der Waals surface area contributed by atoms with E-state index in [9.17, 15) is 0 Å². The van der Waals surface area contributed by atoms with Gasteiger partial charge in [0.15, 0.2) is 11.8 Å². The highest BCUT2D eigenvalue weighted by Gasteiger charge is 2.20. The van der Waals surface area contributed by atoms with Gasteiger partial charge in [-0.1, -0.05) is 0 Å². The number of nitrogens with zero attached hydrogens (tertiary/aromatic N) is 5. The summed E-state index contributed by atoms with van der Waals surface area (Å²) in [5.41, 5.74) is 1.17. The van der Waals surface area contributed by atoms with Crippen LogP contribution in [0, 0.1) is 34.0 Å². The number of rotatable bonds is 3. The third kappa shape index (κ3) is 3.34. The summed E-state index contributed by atoms with van der Waals surface area (Å²) in [6.45, 7) is 0.727. The van der Waals surface area contributed by atoms with Crippen LogP contribution in [0.15, 0.2) is 34.1 Å². The molecule has 1 saturated heterocycles. The minimum absolute atomic E-state index is 0.0801. The molecular formula is C17H13BrN6O. The molecule has 1 aromatic heterocycles. The Balaban J connectivity index is 1.98. The van der Waals surface area contributed by atoms with Crippen molar-refractivity contribution < 1.29 is 4.74 Å². The second kappa shape index (κ2) is 7.36. The smallest absolute Gasteiger partial charge is 0.163 e. The number of nitrogens with one attached hydrogen (secondary N) is 1. The molecular weight excluding hydrogens is 384 g/mol.